The van der Waals surface area contributed by atoms with Gasteiger partial charge in [0.1, 0.15) is 0 Å². The first kappa shape index (κ1) is 11.8. The van der Waals surface area contributed by atoms with E-state index in [-0.39, 0.29) is 0 Å². The first-order chi connectivity index (χ1) is 7.27. The zero-order valence-electron chi connectivity index (χ0n) is 8.28. The molecule has 1 aromatic carbocycles. The highest BCUT2D eigenvalue weighted by Crippen LogP contribution is 2.17. The highest BCUT2D eigenvalue weighted by atomic mass is 79.9. The molecule has 1 aromatic rings. The van der Waals surface area contributed by atoms with Crippen molar-refractivity contribution in [3.8, 4) is 18.4 Å². The van der Waals surface area contributed by atoms with E-state index < -0.39 is 0 Å². The molecule has 1 rings (SSSR count). The van der Waals surface area contributed by atoms with E-state index in [1.807, 2.05) is 29.2 Å². The second-order valence-corrected chi connectivity index (χ2v) is 3.95. The first-order valence-corrected chi connectivity index (χ1v) is 5.33. The zero-order valence-corrected chi connectivity index (χ0v) is 9.87. The Morgan fingerprint density at radius 1 is 1.33 bits per heavy atom. The normalized spacial score (nSPS) is 9.60. The van der Waals surface area contributed by atoms with Crippen LogP contribution in [0.15, 0.2) is 28.7 Å². The van der Waals surface area contributed by atoms with Crippen molar-refractivity contribution in [1.29, 1.82) is 5.26 Å². The molecule has 0 saturated carbocycles. The Labute approximate surface area is 98.6 Å². The third-order valence-electron chi connectivity index (χ3n) is 1.96. The van der Waals surface area contributed by atoms with Gasteiger partial charge in [-0.25, -0.2) is 0 Å². The van der Waals surface area contributed by atoms with Gasteiger partial charge in [-0.05, 0) is 11.6 Å². The molecule has 76 valence electrons. The third-order valence-corrected chi connectivity index (χ3v) is 2.73. The van der Waals surface area contributed by atoms with E-state index in [0.717, 1.165) is 10.0 Å². The number of nitriles is 1. The SMILES string of the molecule is C#CCN(CC#N)Cc1ccccc1Br. The van der Waals surface area contributed by atoms with Crippen molar-refractivity contribution in [1.82, 2.24) is 4.90 Å². The highest BCUT2D eigenvalue weighted by Gasteiger charge is 2.05. The number of rotatable bonds is 4. The highest BCUT2D eigenvalue weighted by molar-refractivity contribution is 9.10. The molecule has 0 heterocycles. The summed E-state index contributed by atoms with van der Waals surface area (Å²) in [6.07, 6.45) is 5.24. The van der Waals surface area contributed by atoms with Crippen LogP contribution in [0.4, 0.5) is 0 Å². The molecule has 0 N–H and O–H groups in total. The second kappa shape index (κ2) is 6.24. The summed E-state index contributed by atoms with van der Waals surface area (Å²) >= 11 is 3.47. The minimum absolute atomic E-state index is 0.353. The molecule has 0 spiro atoms. The Morgan fingerprint density at radius 2 is 2.07 bits per heavy atom. The lowest BCUT2D eigenvalue weighted by Crippen LogP contribution is -2.24. The van der Waals surface area contributed by atoms with Crippen LogP contribution < -0.4 is 0 Å². The van der Waals surface area contributed by atoms with Gasteiger partial charge in [-0.1, -0.05) is 40.0 Å². The molecule has 0 amide bonds. The summed E-state index contributed by atoms with van der Waals surface area (Å²) in [6.45, 7) is 1.54. The van der Waals surface area contributed by atoms with Crippen molar-refractivity contribution in [2.24, 2.45) is 0 Å². The quantitative estimate of drug-likeness (QED) is 0.616. The summed E-state index contributed by atoms with van der Waals surface area (Å²) in [7, 11) is 0. The third kappa shape index (κ3) is 3.75. The van der Waals surface area contributed by atoms with Gasteiger partial charge in [0.25, 0.3) is 0 Å². The molecule has 0 aliphatic carbocycles. The Morgan fingerprint density at radius 3 is 2.67 bits per heavy atom. The lowest BCUT2D eigenvalue weighted by Gasteiger charge is -2.16. The lowest BCUT2D eigenvalue weighted by molar-refractivity contribution is 0.335. The van der Waals surface area contributed by atoms with Crippen LogP contribution >= 0.6 is 15.9 Å². The molecule has 0 saturated heterocycles. The first-order valence-electron chi connectivity index (χ1n) is 4.54. The van der Waals surface area contributed by atoms with Crippen molar-refractivity contribution in [3.05, 3.63) is 34.3 Å². The average molecular weight is 263 g/mol. The smallest absolute Gasteiger partial charge is 0.0876 e. The van der Waals surface area contributed by atoms with Crippen molar-refractivity contribution < 1.29 is 0 Å². The molecule has 3 heteroatoms. The molecular weight excluding hydrogens is 252 g/mol. The Kier molecular flexibility index (Phi) is 4.90. The van der Waals surface area contributed by atoms with Crippen molar-refractivity contribution in [2.75, 3.05) is 13.1 Å². The fourth-order valence-electron chi connectivity index (χ4n) is 1.26. The van der Waals surface area contributed by atoms with Gasteiger partial charge in [-0.3, -0.25) is 4.90 Å². The maximum Gasteiger partial charge on any atom is 0.0876 e. The monoisotopic (exact) mass is 262 g/mol. The van der Waals surface area contributed by atoms with Gasteiger partial charge >= 0.3 is 0 Å². The molecule has 0 bridgehead atoms. The van der Waals surface area contributed by atoms with Crippen LogP contribution in [0, 0.1) is 23.7 Å². The minimum Gasteiger partial charge on any atom is -0.275 e. The van der Waals surface area contributed by atoms with Crippen LogP contribution in [0.3, 0.4) is 0 Å². The Balaban J connectivity index is 2.71. The molecule has 0 radical (unpaired) electrons. The molecule has 0 unspecified atom stereocenters. The summed E-state index contributed by atoms with van der Waals surface area (Å²) in [5.41, 5.74) is 1.14. The van der Waals surface area contributed by atoms with Gasteiger partial charge in [-0.15, -0.1) is 6.42 Å². The van der Waals surface area contributed by atoms with Gasteiger partial charge < -0.3 is 0 Å². The van der Waals surface area contributed by atoms with Crippen molar-refractivity contribution >= 4 is 15.9 Å². The summed E-state index contributed by atoms with van der Waals surface area (Å²) in [4.78, 5) is 1.92. The van der Waals surface area contributed by atoms with Crippen LogP contribution in [-0.4, -0.2) is 18.0 Å². The summed E-state index contributed by atoms with van der Waals surface area (Å²) in [5, 5.41) is 8.64. The second-order valence-electron chi connectivity index (χ2n) is 3.10. The van der Waals surface area contributed by atoms with Gasteiger partial charge in [0, 0.05) is 11.0 Å². The van der Waals surface area contributed by atoms with E-state index in [4.69, 9.17) is 11.7 Å². The van der Waals surface area contributed by atoms with E-state index >= 15 is 0 Å². The standard InChI is InChI=1S/C12H11BrN2/c1-2-8-15(9-7-14)10-11-5-3-4-6-12(11)13/h1,3-6H,8-10H2. The molecule has 0 aliphatic heterocycles. The van der Waals surface area contributed by atoms with Gasteiger partial charge in [0.05, 0.1) is 19.2 Å². The predicted octanol–water partition coefficient (Wildman–Crippen LogP) is 2.41. The maximum absolute atomic E-state index is 8.64. The molecule has 0 aromatic heterocycles. The predicted molar refractivity (Wildman–Crippen MR) is 63.9 cm³/mol. The topological polar surface area (TPSA) is 27.0 Å². The average Bonchev–Trinajstić information content (AvgIpc) is 2.22. The van der Waals surface area contributed by atoms with E-state index in [1.54, 1.807) is 0 Å². The molecular formula is C12H11BrN2. The zero-order chi connectivity index (χ0) is 11.1. The number of halogens is 1. The maximum atomic E-state index is 8.64. The fraction of sp³-hybridized carbons (Fsp3) is 0.250. The Hall–Kier alpha value is -1.29. The fourth-order valence-corrected chi connectivity index (χ4v) is 1.67. The number of hydrogen-bond donors (Lipinski definition) is 0. The largest absolute Gasteiger partial charge is 0.275 e. The Bertz CT molecular complexity index is 385. The van der Waals surface area contributed by atoms with E-state index in [2.05, 4.69) is 27.9 Å². The van der Waals surface area contributed by atoms with Crippen LogP contribution in [0.5, 0.6) is 0 Å². The number of terminal acetylenes is 1. The van der Waals surface area contributed by atoms with Gasteiger partial charge in [0.2, 0.25) is 0 Å². The number of hydrogen-bond acceptors (Lipinski definition) is 2. The van der Waals surface area contributed by atoms with Crippen molar-refractivity contribution in [3.63, 3.8) is 0 Å². The molecule has 0 aliphatic rings. The van der Waals surface area contributed by atoms with Gasteiger partial charge in [-0.2, -0.15) is 5.26 Å². The molecule has 0 atom stereocenters. The van der Waals surface area contributed by atoms with E-state index in [9.17, 15) is 0 Å². The lowest BCUT2D eigenvalue weighted by atomic mass is 10.2. The van der Waals surface area contributed by atoms with Crippen LogP contribution in [0.25, 0.3) is 0 Å². The van der Waals surface area contributed by atoms with Crippen LogP contribution in [0.1, 0.15) is 5.56 Å². The summed E-state index contributed by atoms with van der Waals surface area (Å²) in [5.74, 6) is 2.55. The number of benzene rings is 1. The summed E-state index contributed by atoms with van der Waals surface area (Å²) < 4.78 is 1.05. The molecule has 0 fully saturated rings. The van der Waals surface area contributed by atoms with Crippen LogP contribution in [-0.2, 0) is 6.54 Å². The minimum atomic E-state index is 0.353. The van der Waals surface area contributed by atoms with Crippen molar-refractivity contribution in [2.45, 2.75) is 6.54 Å². The van der Waals surface area contributed by atoms with E-state index in [1.165, 1.54) is 0 Å². The number of nitrogens with zero attached hydrogens (tertiary/aromatic N) is 2. The molecule has 2 nitrogen and oxygen atoms in total. The van der Waals surface area contributed by atoms with Gasteiger partial charge in [0.15, 0.2) is 0 Å². The summed E-state index contributed by atoms with van der Waals surface area (Å²) in [6, 6.07) is 10.0. The molecule has 15 heavy (non-hydrogen) atoms. The van der Waals surface area contributed by atoms with E-state index in [0.29, 0.717) is 19.6 Å². The van der Waals surface area contributed by atoms with Crippen LogP contribution in [0.2, 0.25) is 0 Å².